The van der Waals surface area contributed by atoms with Gasteiger partial charge in [0.25, 0.3) is 0 Å². The van der Waals surface area contributed by atoms with E-state index in [4.69, 9.17) is 33.2 Å². The van der Waals surface area contributed by atoms with E-state index < -0.39 is 0 Å². The van der Waals surface area contributed by atoms with Gasteiger partial charge < -0.3 is 10.0 Å². The van der Waals surface area contributed by atoms with Crippen molar-refractivity contribution in [2.24, 2.45) is 0 Å². The lowest BCUT2D eigenvalue weighted by Gasteiger charge is -2.26. The molecule has 1 aliphatic heterocycles. The van der Waals surface area contributed by atoms with E-state index in [0.717, 1.165) is 40.4 Å². The number of thiophene rings is 1. The lowest BCUT2D eigenvalue weighted by atomic mass is 10.1. The number of fused-ring (bicyclic) bond motifs is 1. The Morgan fingerprint density at radius 3 is 2.69 bits per heavy atom. The summed E-state index contributed by atoms with van der Waals surface area (Å²) in [6.45, 7) is 0.898. The van der Waals surface area contributed by atoms with Crippen LogP contribution in [0.1, 0.15) is 23.8 Å². The van der Waals surface area contributed by atoms with E-state index in [2.05, 4.69) is 11.0 Å². The largest absolute Gasteiger partial charge is 0.507 e. The Kier molecular flexibility index (Phi) is 4.82. The second-order valence-electron chi connectivity index (χ2n) is 7.04. The average Bonchev–Trinajstić information content (AvgIpc) is 3.36. The molecule has 0 amide bonds. The highest BCUT2D eigenvalue weighted by molar-refractivity contribution is 7.16. The molecule has 0 bridgehead atoms. The summed E-state index contributed by atoms with van der Waals surface area (Å²) in [5.74, 6) is 1.50. The van der Waals surface area contributed by atoms with Crippen molar-refractivity contribution in [1.29, 1.82) is 0 Å². The van der Waals surface area contributed by atoms with Gasteiger partial charge in [-0.3, -0.25) is 0 Å². The molecular weight excluding hydrogens is 425 g/mol. The van der Waals surface area contributed by atoms with Crippen LogP contribution in [-0.4, -0.2) is 21.6 Å². The molecule has 0 saturated carbocycles. The minimum atomic E-state index is 0.155. The van der Waals surface area contributed by atoms with Crippen molar-refractivity contribution in [2.45, 2.75) is 18.9 Å². The van der Waals surface area contributed by atoms with Crippen LogP contribution in [0, 0.1) is 0 Å². The number of nitrogens with zero attached hydrogens (tertiary/aromatic N) is 3. The van der Waals surface area contributed by atoms with Crippen molar-refractivity contribution in [3.63, 3.8) is 0 Å². The summed E-state index contributed by atoms with van der Waals surface area (Å²) in [5, 5.41) is 11.9. The molecule has 0 spiro atoms. The van der Waals surface area contributed by atoms with Crippen molar-refractivity contribution < 1.29 is 5.11 Å². The highest BCUT2D eigenvalue weighted by Gasteiger charge is 2.30. The molecule has 2 aromatic heterocycles. The first-order valence-corrected chi connectivity index (χ1v) is 10.9. The fraction of sp³-hybridized carbons (Fsp3) is 0.182. The van der Waals surface area contributed by atoms with Crippen LogP contribution in [0.5, 0.6) is 5.75 Å². The minimum absolute atomic E-state index is 0.155. The fourth-order valence-electron chi connectivity index (χ4n) is 3.91. The molecule has 0 radical (unpaired) electrons. The summed E-state index contributed by atoms with van der Waals surface area (Å²) in [6.07, 6.45) is 2.12. The molecule has 3 heterocycles. The van der Waals surface area contributed by atoms with Crippen LogP contribution < -0.4 is 4.90 Å². The first-order chi connectivity index (χ1) is 14.1. The summed E-state index contributed by atoms with van der Waals surface area (Å²) < 4.78 is 0.793. The topological polar surface area (TPSA) is 49.3 Å². The number of aromatic hydroxyl groups is 1. The van der Waals surface area contributed by atoms with Gasteiger partial charge in [-0.25, -0.2) is 9.97 Å². The third kappa shape index (κ3) is 3.44. The summed E-state index contributed by atoms with van der Waals surface area (Å²) >= 11 is 14.1. The normalized spacial score (nSPS) is 16.6. The molecule has 0 aliphatic carbocycles. The van der Waals surface area contributed by atoms with Gasteiger partial charge >= 0.3 is 0 Å². The number of aromatic nitrogens is 2. The molecule has 5 rings (SSSR count). The Hall–Kier alpha value is -2.34. The van der Waals surface area contributed by atoms with Gasteiger partial charge in [0.1, 0.15) is 11.6 Å². The highest BCUT2D eigenvalue weighted by Crippen LogP contribution is 2.42. The van der Waals surface area contributed by atoms with Crippen molar-refractivity contribution in [3.8, 4) is 17.1 Å². The quantitative estimate of drug-likeness (QED) is 0.383. The Morgan fingerprint density at radius 2 is 1.90 bits per heavy atom. The van der Waals surface area contributed by atoms with E-state index in [1.165, 1.54) is 4.88 Å². The highest BCUT2D eigenvalue weighted by atomic mass is 35.5. The minimum Gasteiger partial charge on any atom is -0.507 e. The molecule has 1 N–H and O–H groups in total. The van der Waals surface area contributed by atoms with Crippen molar-refractivity contribution >= 4 is 51.3 Å². The predicted octanol–water partition coefficient (Wildman–Crippen LogP) is 6.71. The van der Waals surface area contributed by atoms with Gasteiger partial charge in [0, 0.05) is 21.8 Å². The Labute approximate surface area is 182 Å². The number of halogens is 2. The SMILES string of the molecule is Oc1ccccc1-c1nc(N2CCCC2c2ccc(Cl)s2)c2ccc(Cl)cc2n1. The van der Waals surface area contributed by atoms with Crippen LogP contribution in [0.4, 0.5) is 5.82 Å². The molecule has 29 heavy (non-hydrogen) atoms. The van der Waals surface area contributed by atoms with E-state index in [-0.39, 0.29) is 11.8 Å². The van der Waals surface area contributed by atoms with Crippen LogP contribution in [0.2, 0.25) is 9.36 Å². The maximum absolute atomic E-state index is 10.3. The third-order valence-corrected chi connectivity index (χ3v) is 6.80. The lowest BCUT2D eigenvalue weighted by molar-refractivity contribution is 0.477. The van der Waals surface area contributed by atoms with Gasteiger partial charge in [0.15, 0.2) is 5.82 Å². The zero-order chi connectivity index (χ0) is 20.0. The number of anilines is 1. The molecular formula is C22H17Cl2N3OS. The second-order valence-corrected chi connectivity index (χ2v) is 9.23. The predicted molar refractivity (Wildman–Crippen MR) is 120 cm³/mol. The number of hydrogen-bond acceptors (Lipinski definition) is 5. The Bertz CT molecular complexity index is 1210. The van der Waals surface area contributed by atoms with Crippen molar-refractivity contribution in [1.82, 2.24) is 9.97 Å². The second kappa shape index (κ2) is 7.48. The van der Waals surface area contributed by atoms with Crippen molar-refractivity contribution in [3.05, 3.63) is 68.8 Å². The number of phenols is 1. The summed E-state index contributed by atoms with van der Waals surface area (Å²) in [7, 11) is 0. The van der Waals surface area contributed by atoms with E-state index in [1.807, 2.05) is 36.4 Å². The van der Waals surface area contributed by atoms with Gasteiger partial charge in [-0.2, -0.15) is 0 Å². The zero-order valence-corrected chi connectivity index (χ0v) is 17.7. The summed E-state index contributed by atoms with van der Waals surface area (Å²) in [5.41, 5.74) is 1.36. The van der Waals surface area contributed by atoms with Crippen LogP contribution in [0.15, 0.2) is 54.6 Å². The van der Waals surface area contributed by atoms with Gasteiger partial charge in [-0.1, -0.05) is 35.3 Å². The van der Waals surface area contributed by atoms with Gasteiger partial charge in [0.2, 0.25) is 0 Å². The number of benzene rings is 2. The molecule has 4 nitrogen and oxygen atoms in total. The molecule has 1 unspecified atom stereocenters. The molecule has 1 saturated heterocycles. The van der Waals surface area contributed by atoms with Crippen LogP contribution >= 0.6 is 34.5 Å². The lowest BCUT2D eigenvalue weighted by Crippen LogP contribution is -2.23. The average molecular weight is 442 g/mol. The number of phenolic OH excluding ortho intramolecular Hbond substituents is 1. The monoisotopic (exact) mass is 441 g/mol. The van der Waals surface area contributed by atoms with Gasteiger partial charge in [0.05, 0.1) is 21.5 Å². The smallest absolute Gasteiger partial charge is 0.165 e. The first kappa shape index (κ1) is 18.7. The van der Waals surface area contributed by atoms with E-state index in [1.54, 1.807) is 23.5 Å². The molecule has 7 heteroatoms. The third-order valence-electron chi connectivity index (χ3n) is 5.23. The fourth-order valence-corrected chi connectivity index (χ4v) is 5.29. The molecule has 4 aromatic rings. The maximum atomic E-state index is 10.3. The molecule has 2 aromatic carbocycles. The number of hydrogen-bond donors (Lipinski definition) is 1. The van der Waals surface area contributed by atoms with Crippen LogP contribution in [-0.2, 0) is 0 Å². The first-order valence-electron chi connectivity index (χ1n) is 9.38. The molecule has 1 fully saturated rings. The maximum Gasteiger partial charge on any atom is 0.165 e. The molecule has 1 atom stereocenters. The molecule has 1 aliphatic rings. The van der Waals surface area contributed by atoms with Crippen molar-refractivity contribution in [2.75, 3.05) is 11.4 Å². The van der Waals surface area contributed by atoms with E-state index in [0.29, 0.717) is 16.4 Å². The summed E-state index contributed by atoms with van der Waals surface area (Å²) in [6, 6.07) is 17.1. The van der Waals surface area contributed by atoms with Gasteiger partial charge in [-0.05, 0) is 55.3 Å². The van der Waals surface area contributed by atoms with E-state index in [9.17, 15) is 5.11 Å². The number of rotatable bonds is 3. The molecule has 146 valence electrons. The Morgan fingerprint density at radius 1 is 1.03 bits per heavy atom. The zero-order valence-electron chi connectivity index (χ0n) is 15.3. The van der Waals surface area contributed by atoms with E-state index >= 15 is 0 Å². The Balaban J connectivity index is 1.70. The van der Waals surface area contributed by atoms with Gasteiger partial charge in [-0.15, -0.1) is 11.3 Å². The standard InChI is InChI=1S/C22H17Cl2N3OS/c23-13-7-8-14-16(12-13)25-21(15-4-1-2-6-18(15)28)26-22(14)27-11-3-5-17(27)19-9-10-20(24)29-19/h1-2,4,6-10,12,17,28H,3,5,11H2. The summed E-state index contributed by atoms with van der Waals surface area (Å²) in [4.78, 5) is 13.2. The van der Waals surface area contributed by atoms with Crippen LogP contribution in [0.3, 0.4) is 0 Å². The van der Waals surface area contributed by atoms with Crippen LogP contribution in [0.25, 0.3) is 22.3 Å². The number of para-hydroxylation sites is 1.